The van der Waals surface area contributed by atoms with Crippen molar-refractivity contribution in [1.82, 2.24) is 4.98 Å². The van der Waals surface area contributed by atoms with Crippen LogP contribution in [0, 0.1) is 0 Å². The molecule has 2 aromatic carbocycles. The average molecular weight is 415 g/mol. The Balaban J connectivity index is 1.59. The van der Waals surface area contributed by atoms with Gasteiger partial charge in [-0.05, 0) is 38.1 Å². The third-order valence-corrected chi connectivity index (χ3v) is 4.42. The predicted octanol–water partition coefficient (Wildman–Crippen LogP) is 5.36. The van der Waals surface area contributed by atoms with Crippen molar-refractivity contribution in [2.24, 2.45) is 0 Å². The number of hydrogen-bond acceptors (Lipinski definition) is 5. The molecule has 1 N–H and O–H groups in total. The van der Waals surface area contributed by atoms with Gasteiger partial charge < -0.3 is 19.2 Å². The number of ether oxygens (including phenoxy) is 2. The highest BCUT2D eigenvalue weighted by molar-refractivity contribution is 6.33. The Morgan fingerprint density at radius 2 is 1.86 bits per heavy atom. The van der Waals surface area contributed by atoms with Gasteiger partial charge in [-0.2, -0.15) is 0 Å². The van der Waals surface area contributed by atoms with E-state index in [1.165, 1.54) is 0 Å². The molecule has 6 nitrogen and oxygen atoms in total. The largest absolute Gasteiger partial charge is 0.490 e. The normalized spacial score (nSPS) is 10.6. The van der Waals surface area contributed by atoms with E-state index in [2.05, 4.69) is 10.3 Å². The number of benzene rings is 2. The van der Waals surface area contributed by atoms with Crippen LogP contribution < -0.4 is 14.8 Å². The SMILES string of the molecule is CCOc1ccc(NC(=O)CCc2ncc(-c3ccccc3Cl)o2)cc1OCC. The van der Waals surface area contributed by atoms with Crippen LogP contribution in [0.2, 0.25) is 5.02 Å². The summed E-state index contributed by atoms with van der Waals surface area (Å²) >= 11 is 6.18. The number of carbonyl (C=O) groups excluding carboxylic acids is 1. The Morgan fingerprint density at radius 1 is 1.10 bits per heavy atom. The Bertz CT molecular complexity index is 971. The van der Waals surface area contributed by atoms with Gasteiger partial charge in [0.05, 0.1) is 24.4 Å². The van der Waals surface area contributed by atoms with Crippen molar-refractivity contribution in [3.05, 3.63) is 59.6 Å². The number of halogens is 1. The van der Waals surface area contributed by atoms with E-state index in [0.717, 1.165) is 5.56 Å². The van der Waals surface area contributed by atoms with Gasteiger partial charge in [-0.25, -0.2) is 4.98 Å². The lowest BCUT2D eigenvalue weighted by Gasteiger charge is -2.13. The van der Waals surface area contributed by atoms with Crippen LogP contribution in [0.1, 0.15) is 26.2 Å². The average Bonchev–Trinajstić information content (AvgIpc) is 3.18. The lowest BCUT2D eigenvalue weighted by molar-refractivity contribution is -0.116. The Kier molecular flexibility index (Phi) is 7.14. The van der Waals surface area contributed by atoms with Crippen LogP contribution in [0.5, 0.6) is 11.5 Å². The molecule has 3 aromatic rings. The smallest absolute Gasteiger partial charge is 0.224 e. The van der Waals surface area contributed by atoms with E-state index < -0.39 is 0 Å². The van der Waals surface area contributed by atoms with E-state index in [0.29, 0.717) is 53.5 Å². The molecule has 152 valence electrons. The van der Waals surface area contributed by atoms with Gasteiger partial charge in [-0.15, -0.1) is 0 Å². The number of rotatable bonds is 9. The molecule has 3 rings (SSSR count). The van der Waals surface area contributed by atoms with Crippen molar-refractivity contribution < 1.29 is 18.7 Å². The zero-order valence-corrected chi connectivity index (χ0v) is 17.2. The van der Waals surface area contributed by atoms with E-state index in [4.69, 9.17) is 25.5 Å². The first kappa shape index (κ1) is 20.7. The molecular formula is C22H23ClN2O4. The summed E-state index contributed by atoms with van der Waals surface area (Å²) in [6.07, 6.45) is 2.24. The summed E-state index contributed by atoms with van der Waals surface area (Å²) in [6.45, 7) is 4.85. The van der Waals surface area contributed by atoms with Crippen molar-refractivity contribution in [1.29, 1.82) is 0 Å². The zero-order valence-electron chi connectivity index (χ0n) is 16.4. The molecule has 0 aliphatic heterocycles. The van der Waals surface area contributed by atoms with Gasteiger partial charge in [0.25, 0.3) is 0 Å². The summed E-state index contributed by atoms with van der Waals surface area (Å²) in [7, 11) is 0. The molecule has 0 fully saturated rings. The Morgan fingerprint density at radius 3 is 2.62 bits per heavy atom. The molecule has 0 bridgehead atoms. The highest BCUT2D eigenvalue weighted by Crippen LogP contribution is 2.31. The molecule has 1 amide bonds. The minimum atomic E-state index is -0.144. The number of aryl methyl sites for hydroxylation is 1. The maximum atomic E-state index is 12.3. The van der Waals surface area contributed by atoms with Gasteiger partial charge in [0.1, 0.15) is 0 Å². The molecule has 1 aromatic heterocycles. The minimum absolute atomic E-state index is 0.144. The molecule has 0 radical (unpaired) electrons. The number of nitrogens with zero attached hydrogens (tertiary/aromatic N) is 1. The number of amides is 1. The number of aromatic nitrogens is 1. The summed E-state index contributed by atoms with van der Waals surface area (Å²) in [5.41, 5.74) is 1.42. The second kappa shape index (κ2) is 9.98. The van der Waals surface area contributed by atoms with Gasteiger partial charge in [0.15, 0.2) is 23.1 Å². The second-order valence-electron chi connectivity index (χ2n) is 6.17. The fourth-order valence-corrected chi connectivity index (χ4v) is 3.01. The third-order valence-electron chi connectivity index (χ3n) is 4.09. The molecule has 29 heavy (non-hydrogen) atoms. The summed E-state index contributed by atoms with van der Waals surface area (Å²) in [6, 6.07) is 12.7. The molecule has 1 heterocycles. The molecule has 7 heteroatoms. The molecular weight excluding hydrogens is 392 g/mol. The van der Waals surface area contributed by atoms with Crippen molar-refractivity contribution in [2.45, 2.75) is 26.7 Å². The molecule has 0 saturated carbocycles. The zero-order chi connectivity index (χ0) is 20.6. The monoisotopic (exact) mass is 414 g/mol. The Hall–Kier alpha value is -2.99. The van der Waals surface area contributed by atoms with E-state index >= 15 is 0 Å². The minimum Gasteiger partial charge on any atom is -0.490 e. The molecule has 0 aliphatic rings. The number of nitrogens with one attached hydrogen (secondary N) is 1. The fourth-order valence-electron chi connectivity index (χ4n) is 2.78. The van der Waals surface area contributed by atoms with Crippen LogP contribution >= 0.6 is 11.6 Å². The van der Waals surface area contributed by atoms with Crippen molar-refractivity contribution in [3.8, 4) is 22.8 Å². The first-order valence-electron chi connectivity index (χ1n) is 9.49. The van der Waals surface area contributed by atoms with Crippen LogP contribution in [-0.2, 0) is 11.2 Å². The first-order chi connectivity index (χ1) is 14.1. The van der Waals surface area contributed by atoms with Crippen LogP contribution in [0.3, 0.4) is 0 Å². The van der Waals surface area contributed by atoms with E-state index in [1.54, 1.807) is 30.5 Å². The summed E-state index contributed by atoms with van der Waals surface area (Å²) in [4.78, 5) is 16.6. The summed E-state index contributed by atoms with van der Waals surface area (Å²) in [5, 5.41) is 3.45. The summed E-state index contributed by atoms with van der Waals surface area (Å²) < 4.78 is 16.9. The molecule has 0 unspecified atom stereocenters. The standard InChI is InChI=1S/C22H23ClN2O4/c1-3-27-18-10-9-15(13-19(18)28-4-2)25-21(26)11-12-22-24-14-20(29-22)16-7-5-6-8-17(16)23/h5-10,13-14H,3-4,11-12H2,1-2H3,(H,25,26). The predicted molar refractivity (Wildman–Crippen MR) is 113 cm³/mol. The van der Waals surface area contributed by atoms with Gasteiger partial charge in [0, 0.05) is 30.2 Å². The first-order valence-corrected chi connectivity index (χ1v) is 9.87. The number of carbonyl (C=O) groups is 1. The maximum Gasteiger partial charge on any atom is 0.224 e. The quantitative estimate of drug-likeness (QED) is 0.510. The van der Waals surface area contributed by atoms with Crippen molar-refractivity contribution >= 4 is 23.2 Å². The van der Waals surface area contributed by atoms with Crippen molar-refractivity contribution in [3.63, 3.8) is 0 Å². The van der Waals surface area contributed by atoms with E-state index in [9.17, 15) is 4.79 Å². The molecule has 0 atom stereocenters. The highest BCUT2D eigenvalue weighted by Gasteiger charge is 2.12. The van der Waals surface area contributed by atoms with Gasteiger partial charge in [0.2, 0.25) is 5.91 Å². The molecule has 0 aliphatic carbocycles. The van der Waals surface area contributed by atoms with E-state index in [1.807, 2.05) is 32.0 Å². The number of anilines is 1. The lowest BCUT2D eigenvalue weighted by Crippen LogP contribution is -2.12. The fraction of sp³-hybridized carbons (Fsp3) is 0.273. The van der Waals surface area contributed by atoms with E-state index in [-0.39, 0.29) is 12.3 Å². The highest BCUT2D eigenvalue weighted by atomic mass is 35.5. The van der Waals surface area contributed by atoms with Gasteiger partial charge in [-0.3, -0.25) is 4.79 Å². The number of oxazole rings is 1. The lowest BCUT2D eigenvalue weighted by atomic mass is 10.2. The maximum absolute atomic E-state index is 12.3. The van der Waals surface area contributed by atoms with Gasteiger partial charge in [-0.1, -0.05) is 23.7 Å². The third kappa shape index (κ3) is 5.51. The van der Waals surface area contributed by atoms with Crippen LogP contribution in [0.4, 0.5) is 5.69 Å². The molecule has 0 spiro atoms. The topological polar surface area (TPSA) is 73.6 Å². The van der Waals surface area contributed by atoms with Crippen LogP contribution in [0.15, 0.2) is 53.1 Å². The van der Waals surface area contributed by atoms with Gasteiger partial charge >= 0.3 is 0 Å². The van der Waals surface area contributed by atoms with Crippen LogP contribution in [0.25, 0.3) is 11.3 Å². The van der Waals surface area contributed by atoms with Crippen molar-refractivity contribution in [2.75, 3.05) is 18.5 Å². The molecule has 0 saturated heterocycles. The second-order valence-corrected chi connectivity index (χ2v) is 6.58. The van der Waals surface area contributed by atoms with Crippen LogP contribution in [-0.4, -0.2) is 24.1 Å². The number of hydrogen-bond donors (Lipinski definition) is 1. The summed E-state index contributed by atoms with van der Waals surface area (Å²) in [5.74, 6) is 2.17. The Labute approximate surface area is 174 Å².